The molecule has 172 valence electrons. The SMILES string of the molecule is CCOC(=O)C1=C(C)N=c2s/c(=C\c3ccc(N(C)C)o3)c(=O)n2[C@@H]1c1ccc(SC)cc1. The average Bonchev–Trinajstić information content (AvgIpc) is 3.38. The maximum Gasteiger partial charge on any atom is 0.338 e. The van der Waals surface area contributed by atoms with Gasteiger partial charge in [0.1, 0.15) is 5.76 Å². The predicted octanol–water partition coefficient (Wildman–Crippen LogP) is 3.18. The Morgan fingerprint density at radius 2 is 2.00 bits per heavy atom. The maximum atomic E-state index is 13.5. The first-order chi connectivity index (χ1) is 15.8. The molecule has 1 aliphatic rings. The van der Waals surface area contributed by atoms with Gasteiger partial charge in [0.2, 0.25) is 0 Å². The van der Waals surface area contributed by atoms with Crippen molar-refractivity contribution in [2.24, 2.45) is 4.99 Å². The number of benzene rings is 1. The number of thiazole rings is 1. The lowest BCUT2D eigenvalue weighted by molar-refractivity contribution is -0.139. The minimum Gasteiger partial charge on any atom is -0.463 e. The molecule has 2 aromatic heterocycles. The number of hydrogen-bond donors (Lipinski definition) is 0. The monoisotopic (exact) mass is 483 g/mol. The number of nitrogens with zero attached hydrogens (tertiary/aromatic N) is 3. The van der Waals surface area contributed by atoms with Crippen LogP contribution in [0.3, 0.4) is 0 Å². The number of rotatable bonds is 6. The topological polar surface area (TPSA) is 77.0 Å². The Morgan fingerprint density at radius 3 is 2.61 bits per heavy atom. The number of esters is 1. The van der Waals surface area contributed by atoms with Crippen molar-refractivity contribution in [1.29, 1.82) is 0 Å². The van der Waals surface area contributed by atoms with E-state index >= 15 is 0 Å². The summed E-state index contributed by atoms with van der Waals surface area (Å²) >= 11 is 2.91. The van der Waals surface area contributed by atoms with Crippen molar-refractivity contribution in [3.63, 3.8) is 0 Å². The minimum atomic E-state index is -0.618. The van der Waals surface area contributed by atoms with E-state index in [0.29, 0.717) is 32.2 Å². The van der Waals surface area contributed by atoms with E-state index in [1.807, 2.05) is 61.6 Å². The molecule has 0 unspecified atom stereocenters. The number of furan rings is 1. The van der Waals surface area contributed by atoms with Gasteiger partial charge in [-0.15, -0.1) is 11.8 Å². The highest BCUT2D eigenvalue weighted by Gasteiger charge is 2.33. The lowest BCUT2D eigenvalue weighted by Crippen LogP contribution is -2.39. The molecule has 3 aromatic rings. The zero-order valence-electron chi connectivity index (χ0n) is 19.1. The van der Waals surface area contributed by atoms with Gasteiger partial charge < -0.3 is 14.1 Å². The van der Waals surface area contributed by atoms with E-state index in [4.69, 9.17) is 9.15 Å². The maximum absolute atomic E-state index is 13.5. The standard InChI is InChI=1S/C24H25N3O4S2/c1-6-30-23(29)20-14(2)25-24-27(21(20)15-7-10-17(32-5)11-8-15)22(28)18(33-24)13-16-9-12-19(31-16)26(3)4/h7-13,21H,6H2,1-5H3/b18-13-/t21-/m1/s1. The first-order valence-electron chi connectivity index (χ1n) is 10.4. The summed E-state index contributed by atoms with van der Waals surface area (Å²) in [5.41, 5.74) is 1.52. The first kappa shape index (κ1) is 23.1. The summed E-state index contributed by atoms with van der Waals surface area (Å²) in [5.74, 6) is 0.807. The Morgan fingerprint density at radius 1 is 1.27 bits per heavy atom. The van der Waals surface area contributed by atoms with E-state index in [1.165, 1.54) is 11.3 Å². The summed E-state index contributed by atoms with van der Waals surface area (Å²) in [7, 11) is 3.77. The summed E-state index contributed by atoms with van der Waals surface area (Å²) < 4.78 is 13.2. The molecule has 0 N–H and O–H groups in total. The van der Waals surface area contributed by atoms with Crippen molar-refractivity contribution in [1.82, 2.24) is 4.57 Å². The van der Waals surface area contributed by atoms with Crippen LogP contribution in [0.5, 0.6) is 0 Å². The fourth-order valence-electron chi connectivity index (χ4n) is 3.68. The highest BCUT2D eigenvalue weighted by atomic mass is 32.2. The van der Waals surface area contributed by atoms with Crippen LogP contribution < -0.4 is 19.8 Å². The number of hydrogen-bond acceptors (Lipinski definition) is 8. The number of allylic oxidation sites excluding steroid dienone is 1. The van der Waals surface area contributed by atoms with Crippen molar-refractivity contribution in [3.05, 3.63) is 78.7 Å². The second-order valence-electron chi connectivity index (χ2n) is 7.65. The average molecular weight is 484 g/mol. The van der Waals surface area contributed by atoms with E-state index in [9.17, 15) is 9.59 Å². The molecule has 3 heterocycles. The minimum absolute atomic E-state index is 0.227. The molecule has 0 bridgehead atoms. The Hall–Kier alpha value is -3.04. The molecule has 0 amide bonds. The quantitative estimate of drug-likeness (QED) is 0.396. The van der Waals surface area contributed by atoms with Crippen molar-refractivity contribution in [2.45, 2.75) is 24.8 Å². The largest absolute Gasteiger partial charge is 0.463 e. The predicted molar refractivity (Wildman–Crippen MR) is 132 cm³/mol. The van der Waals surface area contributed by atoms with E-state index < -0.39 is 12.0 Å². The van der Waals surface area contributed by atoms with Crippen LogP contribution in [-0.4, -0.2) is 37.5 Å². The summed E-state index contributed by atoms with van der Waals surface area (Å²) in [6.07, 6.45) is 3.72. The fourth-order valence-corrected chi connectivity index (χ4v) is 5.12. The highest BCUT2D eigenvalue weighted by molar-refractivity contribution is 7.98. The Bertz CT molecular complexity index is 1390. The number of carbonyl (C=O) groups is 1. The van der Waals surface area contributed by atoms with Crippen molar-refractivity contribution in [2.75, 3.05) is 31.9 Å². The van der Waals surface area contributed by atoms with Gasteiger partial charge in [-0.3, -0.25) is 9.36 Å². The molecule has 1 aliphatic heterocycles. The van der Waals surface area contributed by atoms with Gasteiger partial charge in [0.05, 0.1) is 28.5 Å². The molecule has 0 saturated carbocycles. The summed E-state index contributed by atoms with van der Waals surface area (Å²) in [6.45, 7) is 3.78. The number of thioether (sulfide) groups is 1. The zero-order chi connectivity index (χ0) is 23.7. The van der Waals surface area contributed by atoms with E-state index in [-0.39, 0.29) is 12.2 Å². The number of anilines is 1. The molecule has 0 fully saturated rings. The molecule has 33 heavy (non-hydrogen) atoms. The Labute approximate surface area is 199 Å². The Balaban J connectivity index is 1.91. The van der Waals surface area contributed by atoms with E-state index in [1.54, 1.807) is 36.3 Å². The van der Waals surface area contributed by atoms with Gasteiger partial charge in [0.15, 0.2) is 10.7 Å². The van der Waals surface area contributed by atoms with Gasteiger partial charge in [-0.1, -0.05) is 23.5 Å². The molecule has 0 spiro atoms. The zero-order valence-corrected chi connectivity index (χ0v) is 20.8. The van der Waals surface area contributed by atoms with Crippen molar-refractivity contribution >= 4 is 41.0 Å². The third kappa shape index (κ3) is 4.43. The molecule has 0 saturated heterocycles. The number of aromatic nitrogens is 1. The highest BCUT2D eigenvalue weighted by Crippen LogP contribution is 2.31. The van der Waals surface area contributed by atoms with Crippen LogP contribution in [0, 0.1) is 0 Å². The van der Waals surface area contributed by atoms with Gasteiger partial charge in [-0.25, -0.2) is 9.79 Å². The summed E-state index contributed by atoms with van der Waals surface area (Å²) in [5, 5.41) is 0. The fraction of sp³-hybridized carbons (Fsp3) is 0.292. The van der Waals surface area contributed by atoms with Crippen molar-refractivity contribution in [3.8, 4) is 0 Å². The smallest absolute Gasteiger partial charge is 0.338 e. The van der Waals surface area contributed by atoms with Gasteiger partial charge in [-0.2, -0.15) is 0 Å². The summed E-state index contributed by atoms with van der Waals surface area (Å²) in [4.78, 5) is 34.5. The van der Waals surface area contributed by atoms with Crippen LogP contribution in [0.1, 0.15) is 31.2 Å². The van der Waals surface area contributed by atoms with Crippen LogP contribution in [-0.2, 0) is 9.53 Å². The first-order valence-corrected chi connectivity index (χ1v) is 12.5. The molecule has 9 heteroatoms. The number of ether oxygens (including phenoxy) is 1. The van der Waals surface area contributed by atoms with Crippen LogP contribution in [0.15, 0.2) is 66.8 Å². The van der Waals surface area contributed by atoms with Gasteiger partial charge in [0, 0.05) is 31.1 Å². The van der Waals surface area contributed by atoms with Crippen LogP contribution >= 0.6 is 23.1 Å². The molecule has 4 rings (SSSR count). The van der Waals surface area contributed by atoms with Gasteiger partial charge in [-0.05, 0) is 43.9 Å². The molecular formula is C24H25N3O4S2. The lowest BCUT2D eigenvalue weighted by Gasteiger charge is -2.24. The van der Waals surface area contributed by atoms with E-state index in [2.05, 4.69) is 4.99 Å². The summed E-state index contributed by atoms with van der Waals surface area (Å²) in [6, 6.07) is 10.9. The molecule has 1 atom stereocenters. The molecule has 1 aromatic carbocycles. The van der Waals surface area contributed by atoms with Crippen LogP contribution in [0.2, 0.25) is 0 Å². The van der Waals surface area contributed by atoms with Gasteiger partial charge in [0.25, 0.3) is 5.56 Å². The van der Waals surface area contributed by atoms with E-state index in [0.717, 1.165) is 10.5 Å². The third-order valence-electron chi connectivity index (χ3n) is 5.28. The molecule has 7 nitrogen and oxygen atoms in total. The number of fused-ring (bicyclic) bond motifs is 1. The van der Waals surface area contributed by atoms with Crippen LogP contribution in [0.4, 0.5) is 5.88 Å². The van der Waals surface area contributed by atoms with Gasteiger partial charge >= 0.3 is 5.97 Å². The van der Waals surface area contributed by atoms with Crippen LogP contribution in [0.25, 0.3) is 6.08 Å². The molecule has 0 radical (unpaired) electrons. The van der Waals surface area contributed by atoms with Crippen molar-refractivity contribution < 1.29 is 13.9 Å². The Kier molecular flexibility index (Phi) is 6.62. The molecular weight excluding hydrogens is 458 g/mol. The lowest BCUT2D eigenvalue weighted by atomic mass is 9.96. The second kappa shape index (κ2) is 9.44. The number of carbonyl (C=O) groups excluding carboxylic acids is 1. The molecule has 0 aliphatic carbocycles. The third-order valence-corrected chi connectivity index (χ3v) is 7.00. The normalized spacial score (nSPS) is 15.9. The second-order valence-corrected chi connectivity index (χ2v) is 9.53.